The van der Waals surface area contributed by atoms with Crippen LogP contribution in [-0.4, -0.2) is 59.5 Å². The molecule has 0 saturated carbocycles. The highest BCUT2D eigenvalue weighted by atomic mass is 35.5. The van der Waals surface area contributed by atoms with Crippen molar-refractivity contribution in [2.45, 2.75) is 4.90 Å². The molecular weight excluding hydrogens is 352 g/mol. The van der Waals surface area contributed by atoms with E-state index in [9.17, 15) is 13.2 Å². The van der Waals surface area contributed by atoms with Crippen LogP contribution in [0, 0.1) is 0 Å². The van der Waals surface area contributed by atoms with Gasteiger partial charge in [-0.15, -0.1) is 0 Å². The molecule has 128 valence electrons. The number of hydrogen-bond acceptors (Lipinski definition) is 4. The van der Waals surface area contributed by atoms with Crippen LogP contribution in [0.2, 0.25) is 5.02 Å². The molecule has 24 heavy (non-hydrogen) atoms. The average molecular weight is 369 g/mol. The topological polar surface area (TPSA) is 75.5 Å². The monoisotopic (exact) mass is 368 g/mol. The normalized spacial score (nSPS) is 16.3. The Labute approximate surface area is 145 Å². The summed E-state index contributed by atoms with van der Waals surface area (Å²) in [4.78, 5) is 14.2. The van der Waals surface area contributed by atoms with E-state index in [1.807, 2.05) is 0 Å². The zero-order valence-corrected chi connectivity index (χ0v) is 14.7. The molecule has 0 bridgehead atoms. The highest BCUT2D eigenvalue weighted by Gasteiger charge is 2.30. The third kappa shape index (κ3) is 3.31. The molecule has 7 nitrogen and oxygen atoms in total. The molecule has 0 radical (unpaired) electrons. The van der Waals surface area contributed by atoms with Gasteiger partial charge in [-0.05, 0) is 18.2 Å². The van der Waals surface area contributed by atoms with E-state index in [4.69, 9.17) is 11.6 Å². The van der Waals surface area contributed by atoms with Gasteiger partial charge in [0.15, 0.2) is 0 Å². The van der Waals surface area contributed by atoms with Gasteiger partial charge >= 0.3 is 0 Å². The van der Waals surface area contributed by atoms with Crippen molar-refractivity contribution >= 4 is 27.5 Å². The summed E-state index contributed by atoms with van der Waals surface area (Å²) in [6.45, 7) is 1.18. The minimum absolute atomic E-state index is 0.136. The molecule has 1 fully saturated rings. The molecule has 1 aromatic carbocycles. The van der Waals surface area contributed by atoms with Crippen LogP contribution < -0.4 is 0 Å². The maximum Gasteiger partial charge on any atom is 0.257 e. The first-order chi connectivity index (χ1) is 11.4. The predicted octanol–water partition coefficient (Wildman–Crippen LogP) is 1.22. The van der Waals surface area contributed by atoms with Gasteiger partial charge in [-0.2, -0.15) is 9.40 Å². The van der Waals surface area contributed by atoms with E-state index in [2.05, 4.69) is 5.10 Å². The van der Waals surface area contributed by atoms with Crippen molar-refractivity contribution in [2.75, 3.05) is 26.2 Å². The van der Waals surface area contributed by atoms with E-state index in [0.29, 0.717) is 23.7 Å². The third-order valence-electron chi connectivity index (χ3n) is 3.91. The Morgan fingerprint density at radius 3 is 2.50 bits per heavy atom. The lowest BCUT2D eigenvalue weighted by molar-refractivity contribution is 0.0698. The molecule has 1 aromatic heterocycles. The number of carbonyl (C=O) groups excluding carboxylic acids is 1. The van der Waals surface area contributed by atoms with E-state index in [1.54, 1.807) is 35.0 Å². The highest BCUT2D eigenvalue weighted by Crippen LogP contribution is 2.21. The summed E-state index contributed by atoms with van der Waals surface area (Å²) in [5.74, 6) is -0.136. The number of hydrogen-bond donors (Lipinski definition) is 0. The number of aryl methyl sites for hydroxylation is 1. The number of piperazine rings is 1. The van der Waals surface area contributed by atoms with Crippen LogP contribution >= 0.6 is 11.6 Å². The maximum absolute atomic E-state index is 12.6. The lowest BCUT2D eigenvalue weighted by Gasteiger charge is -2.33. The Morgan fingerprint density at radius 1 is 1.21 bits per heavy atom. The molecule has 0 aliphatic carbocycles. The summed E-state index contributed by atoms with van der Waals surface area (Å²) in [5, 5.41) is 4.36. The molecule has 0 spiro atoms. The summed E-state index contributed by atoms with van der Waals surface area (Å²) >= 11 is 5.88. The van der Waals surface area contributed by atoms with Crippen LogP contribution in [0.25, 0.3) is 0 Å². The molecule has 0 unspecified atom stereocenters. The molecule has 1 saturated heterocycles. The molecule has 1 aliphatic heterocycles. The lowest BCUT2D eigenvalue weighted by atomic mass is 10.2. The summed E-state index contributed by atoms with van der Waals surface area (Å²) in [6, 6.07) is 6.20. The lowest BCUT2D eigenvalue weighted by Crippen LogP contribution is -2.50. The second-order valence-electron chi connectivity index (χ2n) is 5.56. The van der Waals surface area contributed by atoms with Gasteiger partial charge in [0, 0.05) is 44.4 Å². The van der Waals surface area contributed by atoms with Gasteiger partial charge in [0.1, 0.15) is 0 Å². The van der Waals surface area contributed by atoms with Crippen molar-refractivity contribution < 1.29 is 13.2 Å². The van der Waals surface area contributed by atoms with Gasteiger partial charge < -0.3 is 4.90 Å². The molecule has 1 aliphatic rings. The molecule has 2 aromatic rings. The van der Waals surface area contributed by atoms with Crippen molar-refractivity contribution in [2.24, 2.45) is 7.05 Å². The molecular formula is C15H17ClN4O3S. The average Bonchev–Trinajstić information content (AvgIpc) is 3.01. The number of benzene rings is 1. The zero-order valence-electron chi connectivity index (χ0n) is 13.1. The largest absolute Gasteiger partial charge is 0.336 e. The van der Waals surface area contributed by atoms with Crippen molar-refractivity contribution in [3.05, 3.63) is 47.2 Å². The highest BCUT2D eigenvalue weighted by molar-refractivity contribution is 7.89. The number of halogens is 1. The van der Waals surface area contributed by atoms with E-state index in [0.717, 1.165) is 0 Å². The van der Waals surface area contributed by atoms with Crippen LogP contribution in [0.5, 0.6) is 0 Å². The Bertz CT molecular complexity index is 857. The quantitative estimate of drug-likeness (QED) is 0.816. The number of sulfonamides is 1. The molecule has 1 amide bonds. The number of rotatable bonds is 3. The van der Waals surface area contributed by atoms with Crippen LogP contribution in [-0.2, 0) is 17.1 Å². The van der Waals surface area contributed by atoms with Gasteiger partial charge in [-0.25, -0.2) is 8.42 Å². The maximum atomic E-state index is 12.6. The van der Waals surface area contributed by atoms with Crippen molar-refractivity contribution in [3.8, 4) is 0 Å². The second-order valence-corrected chi connectivity index (χ2v) is 7.93. The van der Waals surface area contributed by atoms with E-state index in [1.165, 1.54) is 22.6 Å². The Balaban J connectivity index is 1.69. The van der Waals surface area contributed by atoms with Crippen LogP contribution in [0.1, 0.15) is 10.4 Å². The van der Waals surface area contributed by atoms with Gasteiger partial charge in [0.2, 0.25) is 10.0 Å². The summed E-state index contributed by atoms with van der Waals surface area (Å²) in [5.41, 5.74) is 0.503. The van der Waals surface area contributed by atoms with Crippen LogP contribution in [0.15, 0.2) is 41.6 Å². The molecule has 0 N–H and O–H groups in total. The van der Waals surface area contributed by atoms with E-state index < -0.39 is 10.0 Å². The molecule has 0 atom stereocenters. The van der Waals surface area contributed by atoms with Crippen molar-refractivity contribution in [1.29, 1.82) is 0 Å². The Morgan fingerprint density at radius 2 is 1.92 bits per heavy atom. The van der Waals surface area contributed by atoms with Gasteiger partial charge in [-0.1, -0.05) is 17.7 Å². The van der Waals surface area contributed by atoms with Crippen LogP contribution in [0.4, 0.5) is 0 Å². The molecule has 9 heteroatoms. The third-order valence-corrected chi connectivity index (χ3v) is 6.04. The fraction of sp³-hybridized carbons (Fsp3) is 0.333. The fourth-order valence-electron chi connectivity index (χ4n) is 2.62. The minimum Gasteiger partial charge on any atom is -0.336 e. The van der Waals surface area contributed by atoms with E-state index in [-0.39, 0.29) is 23.9 Å². The summed E-state index contributed by atoms with van der Waals surface area (Å²) < 4.78 is 28.2. The number of amides is 1. The first kappa shape index (κ1) is 16.9. The van der Waals surface area contributed by atoms with Crippen LogP contribution in [0.3, 0.4) is 0 Å². The fourth-order valence-corrected chi connectivity index (χ4v) is 4.35. The minimum atomic E-state index is -3.60. The Kier molecular flexibility index (Phi) is 4.62. The SMILES string of the molecule is Cn1cc(C(=O)N2CCN(S(=O)(=O)c3cccc(Cl)c3)CC2)cn1. The second kappa shape index (κ2) is 6.54. The van der Waals surface area contributed by atoms with Gasteiger partial charge in [0.25, 0.3) is 5.91 Å². The Hall–Kier alpha value is -1.90. The number of carbonyl (C=O) groups is 1. The number of aromatic nitrogens is 2. The standard InChI is InChI=1S/C15H17ClN4O3S/c1-18-11-12(10-17-18)15(21)19-5-7-20(8-6-19)24(22,23)14-4-2-3-13(16)9-14/h2-4,9-11H,5-8H2,1H3. The summed E-state index contributed by atoms with van der Waals surface area (Å²) in [6.07, 6.45) is 3.16. The van der Waals surface area contributed by atoms with E-state index >= 15 is 0 Å². The van der Waals surface area contributed by atoms with Gasteiger partial charge in [-0.3, -0.25) is 9.48 Å². The van der Waals surface area contributed by atoms with Gasteiger partial charge in [0.05, 0.1) is 16.7 Å². The molecule has 3 rings (SSSR count). The zero-order chi connectivity index (χ0) is 17.3. The summed E-state index contributed by atoms with van der Waals surface area (Å²) in [7, 11) is -1.86. The smallest absolute Gasteiger partial charge is 0.257 e. The van der Waals surface area contributed by atoms with Crippen molar-refractivity contribution in [1.82, 2.24) is 19.0 Å². The van der Waals surface area contributed by atoms with Crippen molar-refractivity contribution in [3.63, 3.8) is 0 Å². The first-order valence-corrected chi connectivity index (χ1v) is 9.23. The first-order valence-electron chi connectivity index (χ1n) is 7.41. The molecule has 2 heterocycles. The number of nitrogens with zero attached hydrogens (tertiary/aromatic N) is 4. The predicted molar refractivity (Wildman–Crippen MR) is 89.3 cm³/mol.